The molecule has 1 aromatic carbocycles. The topological polar surface area (TPSA) is 35.2 Å². The minimum Gasteiger partial charge on any atom is -0.496 e. The Bertz CT molecular complexity index is 469. The third kappa shape index (κ3) is 3.01. The van der Waals surface area contributed by atoms with Crippen LogP contribution in [-0.4, -0.2) is 7.11 Å². The highest BCUT2D eigenvalue weighted by atomic mass is 16.5. The van der Waals surface area contributed by atoms with Crippen LogP contribution in [0.25, 0.3) is 0 Å². The van der Waals surface area contributed by atoms with Crippen molar-refractivity contribution in [2.24, 2.45) is 17.1 Å². The largest absolute Gasteiger partial charge is 0.496 e. The summed E-state index contributed by atoms with van der Waals surface area (Å²) in [5.41, 5.74) is 10.7. The number of hydrogen-bond acceptors (Lipinski definition) is 2. The summed E-state index contributed by atoms with van der Waals surface area (Å²) < 4.78 is 5.63. The second-order valence-corrected chi connectivity index (χ2v) is 7.16. The number of benzene rings is 1. The molecule has 1 aliphatic rings. The minimum atomic E-state index is 0.0975. The summed E-state index contributed by atoms with van der Waals surface area (Å²) in [5.74, 6) is 1.57. The standard InChI is InChI=1S/C18H29NO/c1-12-6-7-15(17(20-5)13(12)2)16(19)14-8-10-18(3,4)11-9-14/h6-7,14,16H,8-11,19H2,1-5H3. The van der Waals surface area contributed by atoms with Gasteiger partial charge in [0.2, 0.25) is 0 Å². The zero-order valence-electron chi connectivity index (χ0n) is 13.6. The van der Waals surface area contributed by atoms with Crippen molar-refractivity contribution in [3.05, 3.63) is 28.8 Å². The smallest absolute Gasteiger partial charge is 0.126 e. The van der Waals surface area contributed by atoms with E-state index >= 15 is 0 Å². The summed E-state index contributed by atoms with van der Waals surface area (Å²) in [6.45, 7) is 8.97. The number of aryl methyl sites for hydroxylation is 1. The summed E-state index contributed by atoms with van der Waals surface area (Å²) in [6, 6.07) is 4.42. The molecule has 0 saturated heterocycles. The van der Waals surface area contributed by atoms with Gasteiger partial charge in [0.05, 0.1) is 7.11 Å². The van der Waals surface area contributed by atoms with Crippen LogP contribution in [0.3, 0.4) is 0 Å². The van der Waals surface area contributed by atoms with E-state index in [2.05, 4.69) is 39.8 Å². The third-order valence-corrected chi connectivity index (χ3v) is 5.16. The molecule has 2 N–H and O–H groups in total. The summed E-state index contributed by atoms with van der Waals surface area (Å²) in [4.78, 5) is 0. The predicted octanol–water partition coefficient (Wildman–Crippen LogP) is 4.53. The fourth-order valence-corrected chi connectivity index (χ4v) is 3.38. The van der Waals surface area contributed by atoms with E-state index in [1.807, 2.05) is 0 Å². The van der Waals surface area contributed by atoms with Crippen molar-refractivity contribution < 1.29 is 4.74 Å². The molecule has 2 heteroatoms. The van der Waals surface area contributed by atoms with Crippen LogP contribution < -0.4 is 10.5 Å². The zero-order valence-corrected chi connectivity index (χ0v) is 13.6. The minimum absolute atomic E-state index is 0.0975. The normalized spacial score (nSPS) is 20.7. The summed E-state index contributed by atoms with van der Waals surface area (Å²) in [7, 11) is 1.75. The van der Waals surface area contributed by atoms with Crippen LogP contribution in [-0.2, 0) is 0 Å². The van der Waals surface area contributed by atoms with E-state index in [1.165, 1.54) is 42.4 Å². The van der Waals surface area contributed by atoms with Gasteiger partial charge in [0, 0.05) is 11.6 Å². The molecule has 20 heavy (non-hydrogen) atoms. The maximum atomic E-state index is 6.57. The van der Waals surface area contributed by atoms with E-state index in [0.717, 1.165) is 5.75 Å². The Morgan fingerprint density at radius 1 is 1.20 bits per heavy atom. The van der Waals surface area contributed by atoms with E-state index in [0.29, 0.717) is 11.3 Å². The van der Waals surface area contributed by atoms with Crippen molar-refractivity contribution in [3.63, 3.8) is 0 Å². The molecular weight excluding hydrogens is 246 g/mol. The molecule has 0 amide bonds. The number of hydrogen-bond donors (Lipinski definition) is 1. The van der Waals surface area contributed by atoms with Crippen LogP contribution >= 0.6 is 0 Å². The van der Waals surface area contributed by atoms with Gasteiger partial charge in [0.15, 0.2) is 0 Å². The highest BCUT2D eigenvalue weighted by molar-refractivity contribution is 5.46. The van der Waals surface area contributed by atoms with Crippen molar-refractivity contribution in [2.45, 2.75) is 59.4 Å². The van der Waals surface area contributed by atoms with Crippen LogP contribution in [0.5, 0.6) is 5.75 Å². The lowest BCUT2D eigenvalue weighted by Crippen LogP contribution is -2.29. The second-order valence-electron chi connectivity index (χ2n) is 7.16. The quantitative estimate of drug-likeness (QED) is 0.879. The number of methoxy groups -OCH3 is 1. The van der Waals surface area contributed by atoms with Crippen molar-refractivity contribution >= 4 is 0 Å². The first kappa shape index (κ1) is 15.4. The highest BCUT2D eigenvalue weighted by Crippen LogP contribution is 2.44. The molecule has 0 bridgehead atoms. The van der Waals surface area contributed by atoms with Crippen LogP contribution in [0.2, 0.25) is 0 Å². The third-order valence-electron chi connectivity index (χ3n) is 5.16. The number of rotatable bonds is 3. The lowest BCUT2D eigenvalue weighted by Gasteiger charge is -2.37. The Kier molecular flexibility index (Phi) is 4.43. The van der Waals surface area contributed by atoms with Gasteiger partial charge in [-0.2, -0.15) is 0 Å². The molecule has 1 aliphatic carbocycles. The number of nitrogens with two attached hydrogens (primary N) is 1. The van der Waals surface area contributed by atoms with E-state index in [9.17, 15) is 0 Å². The molecule has 1 unspecified atom stereocenters. The van der Waals surface area contributed by atoms with Crippen molar-refractivity contribution in [2.75, 3.05) is 7.11 Å². The van der Waals surface area contributed by atoms with Crippen LogP contribution in [0.15, 0.2) is 12.1 Å². The average Bonchev–Trinajstić information content (AvgIpc) is 2.41. The fraction of sp³-hybridized carbons (Fsp3) is 0.667. The van der Waals surface area contributed by atoms with Crippen LogP contribution in [0.1, 0.15) is 62.3 Å². The lowest BCUT2D eigenvalue weighted by atomic mass is 9.70. The molecule has 2 rings (SSSR count). The number of ether oxygens (including phenoxy) is 1. The van der Waals surface area contributed by atoms with Crippen molar-refractivity contribution in [1.29, 1.82) is 0 Å². The Morgan fingerprint density at radius 2 is 1.80 bits per heavy atom. The SMILES string of the molecule is COc1c(C(N)C2CCC(C)(C)CC2)ccc(C)c1C. The molecular formula is C18H29NO. The van der Waals surface area contributed by atoms with E-state index in [1.54, 1.807) is 7.11 Å². The summed E-state index contributed by atoms with van der Waals surface area (Å²) >= 11 is 0. The molecule has 1 fully saturated rings. The molecule has 0 aliphatic heterocycles. The first-order valence-corrected chi connectivity index (χ1v) is 7.75. The molecule has 112 valence electrons. The van der Waals surface area contributed by atoms with Crippen LogP contribution in [0.4, 0.5) is 0 Å². The maximum absolute atomic E-state index is 6.57. The average molecular weight is 275 g/mol. The zero-order chi connectivity index (χ0) is 14.9. The molecule has 1 aromatic rings. The van der Waals surface area contributed by atoms with E-state index in [4.69, 9.17) is 10.5 Å². The molecule has 0 heterocycles. The van der Waals surface area contributed by atoms with E-state index < -0.39 is 0 Å². The molecule has 0 aromatic heterocycles. The molecule has 0 spiro atoms. The predicted molar refractivity (Wildman–Crippen MR) is 85.1 cm³/mol. The Balaban J connectivity index is 2.22. The van der Waals surface area contributed by atoms with Gasteiger partial charge in [-0.25, -0.2) is 0 Å². The van der Waals surface area contributed by atoms with Gasteiger partial charge in [0.1, 0.15) is 5.75 Å². The second kappa shape index (κ2) is 5.77. The molecule has 0 radical (unpaired) electrons. The molecule has 2 nitrogen and oxygen atoms in total. The lowest BCUT2D eigenvalue weighted by molar-refractivity contribution is 0.172. The van der Waals surface area contributed by atoms with Gasteiger partial charge in [-0.3, -0.25) is 0 Å². The summed E-state index contributed by atoms with van der Waals surface area (Å²) in [6.07, 6.45) is 5.01. The van der Waals surface area contributed by atoms with Crippen molar-refractivity contribution in [3.8, 4) is 5.75 Å². The van der Waals surface area contributed by atoms with Gasteiger partial charge in [-0.05, 0) is 62.0 Å². The molecule has 1 saturated carbocycles. The first-order chi connectivity index (χ1) is 9.35. The van der Waals surface area contributed by atoms with Crippen LogP contribution in [0, 0.1) is 25.2 Å². The van der Waals surface area contributed by atoms with Gasteiger partial charge in [-0.1, -0.05) is 26.0 Å². The van der Waals surface area contributed by atoms with Gasteiger partial charge >= 0.3 is 0 Å². The fourth-order valence-electron chi connectivity index (χ4n) is 3.38. The first-order valence-electron chi connectivity index (χ1n) is 7.75. The van der Waals surface area contributed by atoms with Crippen molar-refractivity contribution in [1.82, 2.24) is 0 Å². The van der Waals surface area contributed by atoms with Gasteiger partial charge in [-0.15, -0.1) is 0 Å². The summed E-state index contributed by atoms with van der Waals surface area (Å²) in [5, 5.41) is 0. The molecule has 1 atom stereocenters. The highest BCUT2D eigenvalue weighted by Gasteiger charge is 2.31. The maximum Gasteiger partial charge on any atom is 0.126 e. The van der Waals surface area contributed by atoms with E-state index in [-0.39, 0.29) is 6.04 Å². The Hall–Kier alpha value is -1.02. The monoisotopic (exact) mass is 275 g/mol. The Morgan fingerprint density at radius 3 is 2.35 bits per heavy atom. The van der Waals surface area contributed by atoms with Gasteiger partial charge in [0.25, 0.3) is 0 Å². The Labute approximate surface area is 123 Å². The van der Waals surface area contributed by atoms with Gasteiger partial charge < -0.3 is 10.5 Å².